The Morgan fingerprint density at radius 2 is 2.00 bits per heavy atom. The van der Waals surface area contributed by atoms with Gasteiger partial charge in [-0.25, -0.2) is 8.78 Å². The van der Waals surface area contributed by atoms with Gasteiger partial charge in [-0.05, 0) is 31.5 Å². The first-order valence-corrected chi connectivity index (χ1v) is 5.63. The molecule has 0 radical (unpaired) electrons. The van der Waals surface area contributed by atoms with E-state index in [9.17, 15) is 13.6 Å². The average molecular weight is 277 g/mol. The van der Waals surface area contributed by atoms with Gasteiger partial charge in [0.25, 0.3) is 5.91 Å². The van der Waals surface area contributed by atoms with Crippen molar-refractivity contribution in [2.24, 2.45) is 0 Å². The Balaban J connectivity index is 0.00000162. The second kappa shape index (κ2) is 6.66. The van der Waals surface area contributed by atoms with Gasteiger partial charge >= 0.3 is 0 Å². The number of carbonyl (C=O) groups excluding carboxylic acids is 1. The number of benzene rings is 1. The summed E-state index contributed by atoms with van der Waals surface area (Å²) in [6.07, 6.45) is 2.10. The van der Waals surface area contributed by atoms with E-state index in [0.29, 0.717) is 6.54 Å². The zero-order valence-corrected chi connectivity index (χ0v) is 10.5. The minimum Gasteiger partial charge on any atom is -0.350 e. The highest BCUT2D eigenvalue weighted by Gasteiger charge is 2.15. The van der Waals surface area contributed by atoms with Gasteiger partial charge in [-0.3, -0.25) is 4.79 Å². The van der Waals surface area contributed by atoms with Crippen molar-refractivity contribution >= 4 is 18.3 Å². The Labute approximate surface area is 110 Å². The van der Waals surface area contributed by atoms with Gasteiger partial charge in [0, 0.05) is 24.2 Å². The highest BCUT2D eigenvalue weighted by Crippen LogP contribution is 2.08. The topological polar surface area (TPSA) is 41.1 Å². The maximum absolute atomic E-state index is 12.9. The Hall–Kier alpha value is -1.20. The lowest BCUT2D eigenvalue weighted by Crippen LogP contribution is -2.37. The van der Waals surface area contributed by atoms with Crippen molar-refractivity contribution in [3.63, 3.8) is 0 Å². The second-order valence-electron chi connectivity index (χ2n) is 4.16. The zero-order valence-electron chi connectivity index (χ0n) is 9.71. The van der Waals surface area contributed by atoms with E-state index < -0.39 is 17.5 Å². The number of halogens is 3. The molecule has 100 valence electrons. The number of hydrogen-bond acceptors (Lipinski definition) is 2. The molecule has 1 saturated heterocycles. The van der Waals surface area contributed by atoms with Gasteiger partial charge in [0.1, 0.15) is 11.6 Å². The first kappa shape index (κ1) is 14.9. The summed E-state index contributed by atoms with van der Waals surface area (Å²) >= 11 is 0. The third-order valence-electron chi connectivity index (χ3n) is 2.80. The highest BCUT2D eigenvalue weighted by atomic mass is 35.5. The molecule has 1 aliphatic rings. The summed E-state index contributed by atoms with van der Waals surface area (Å²) < 4.78 is 25.8. The van der Waals surface area contributed by atoms with Gasteiger partial charge in [-0.2, -0.15) is 0 Å². The molecular weight excluding hydrogens is 262 g/mol. The summed E-state index contributed by atoms with van der Waals surface area (Å²) in [5, 5.41) is 5.88. The molecule has 0 aliphatic carbocycles. The van der Waals surface area contributed by atoms with E-state index >= 15 is 0 Å². The van der Waals surface area contributed by atoms with Crippen molar-refractivity contribution < 1.29 is 13.6 Å². The lowest BCUT2D eigenvalue weighted by molar-refractivity contribution is 0.0949. The van der Waals surface area contributed by atoms with Crippen LogP contribution < -0.4 is 10.6 Å². The van der Waals surface area contributed by atoms with E-state index in [1.807, 2.05) is 0 Å². The number of carbonyl (C=O) groups is 1. The molecule has 1 aromatic carbocycles. The lowest BCUT2D eigenvalue weighted by Gasteiger charge is -2.11. The van der Waals surface area contributed by atoms with Crippen LogP contribution in [0.25, 0.3) is 0 Å². The molecule has 6 heteroatoms. The Morgan fingerprint density at radius 1 is 1.33 bits per heavy atom. The predicted octanol–water partition coefficient (Wildman–Crippen LogP) is 1.87. The second-order valence-corrected chi connectivity index (χ2v) is 4.16. The molecule has 1 aromatic rings. The molecule has 1 heterocycles. The van der Waals surface area contributed by atoms with Crippen molar-refractivity contribution in [1.29, 1.82) is 0 Å². The summed E-state index contributed by atoms with van der Waals surface area (Å²) in [7, 11) is 0. The molecular formula is C12H15ClF2N2O. The van der Waals surface area contributed by atoms with Crippen LogP contribution in [0, 0.1) is 11.6 Å². The van der Waals surface area contributed by atoms with E-state index in [4.69, 9.17) is 0 Å². The van der Waals surface area contributed by atoms with Crippen LogP contribution >= 0.6 is 12.4 Å². The smallest absolute Gasteiger partial charge is 0.251 e. The fraction of sp³-hybridized carbons (Fsp3) is 0.417. The molecule has 0 aromatic heterocycles. The van der Waals surface area contributed by atoms with Gasteiger partial charge in [0.2, 0.25) is 0 Å². The fourth-order valence-electron chi connectivity index (χ4n) is 1.93. The van der Waals surface area contributed by atoms with Crippen molar-refractivity contribution in [3.8, 4) is 0 Å². The fourth-order valence-corrected chi connectivity index (χ4v) is 1.93. The standard InChI is InChI=1S/C12H14F2N2O.ClH/c13-9-4-8(5-10(14)6-9)12(17)16-7-11-2-1-3-15-11;/h4-6,11,15H,1-3,7H2,(H,16,17);1H. The quantitative estimate of drug-likeness (QED) is 0.885. The zero-order chi connectivity index (χ0) is 12.3. The third kappa shape index (κ3) is 3.92. The van der Waals surface area contributed by atoms with Gasteiger partial charge < -0.3 is 10.6 Å². The van der Waals surface area contributed by atoms with Crippen LogP contribution in [-0.4, -0.2) is 25.0 Å². The number of nitrogens with one attached hydrogen (secondary N) is 2. The van der Waals surface area contributed by atoms with Crippen LogP contribution in [0.2, 0.25) is 0 Å². The van der Waals surface area contributed by atoms with E-state index in [-0.39, 0.29) is 24.0 Å². The molecule has 2 rings (SSSR count). The molecule has 0 saturated carbocycles. The molecule has 3 nitrogen and oxygen atoms in total. The van der Waals surface area contributed by atoms with Crippen molar-refractivity contribution in [2.75, 3.05) is 13.1 Å². The van der Waals surface area contributed by atoms with Crippen molar-refractivity contribution in [1.82, 2.24) is 10.6 Å². The first-order valence-electron chi connectivity index (χ1n) is 5.63. The molecule has 1 amide bonds. The third-order valence-corrected chi connectivity index (χ3v) is 2.80. The van der Waals surface area contributed by atoms with Crippen LogP contribution in [0.15, 0.2) is 18.2 Å². The van der Waals surface area contributed by atoms with Gasteiger partial charge in [-0.1, -0.05) is 0 Å². The van der Waals surface area contributed by atoms with Gasteiger partial charge in [-0.15, -0.1) is 12.4 Å². The Kier molecular flexibility index (Phi) is 5.50. The van der Waals surface area contributed by atoms with E-state index in [1.165, 1.54) is 0 Å². The maximum Gasteiger partial charge on any atom is 0.251 e. The number of rotatable bonds is 3. The highest BCUT2D eigenvalue weighted by molar-refractivity contribution is 5.94. The summed E-state index contributed by atoms with van der Waals surface area (Å²) in [6, 6.07) is 3.06. The maximum atomic E-state index is 12.9. The van der Waals surface area contributed by atoms with Crippen LogP contribution in [0.3, 0.4) is 0 Å². The Morgan fingerprint density at radius 3 is 2.56 bits per heavy atom. The molecule has 1 unspecified atom stereocenters. The number of amides is 1. The summed E-state index contributed by atoms with van der Waals surface area (Å²) in [4.78, 5) is 11.6. The normalized spacial score (nSPS) is 18.2. The Bertz CT molecular complexity index is 402. The molecule has 0 spiro atoms. The first-order chi connectivity index (χ1) is 8.15. The monoisotopic (exact) mass is 276 g/mol. The molecule has 1 fully saturated rings. The predicted molar refractivity (Wildman–Crippen MR) is 67.0 cm³/mol. The van der Waals surface area contributed by atoms with Crippen molar-refractivity contribution in [2.45, 2.75) is 18.9 Å². The average Bonchev–Trinajstić information content (AvgIpc) is 2.77. The van der Waals surface area contributed by atoms with E-state index in [2.05, 4.69) is 10.6 Å². The van der Waals surface area contributed by atoms with Crippen molar-refractivity contribution in [3.05, 3.63) is 35.4 Å². The summed E-state index contributed by atoms with van der Waals surface area (Å²) in [5.74, 6) is -1.93. The van der Waals surface area contributed by atoms with Crippen LogP contribution in [0.5, 0.6) is 0 Å². The van der Waals surface area contributed by atoms with Gasteiger partial charge in [0.15, 0.2) is 0 Å². The van der Waals surface area contributed by atoms with Crippen LogP contribution in [-0.2, 0) is 0 Å². The minimum absolute atomic E-state index is 0. The van der Waals surface area contributed by atoms with Crippen LogP contribution in [0.4, 0.5) is 8.78 Å². The van der Waals surface area contributed by atoms with E-state index in [1.54, 1.807) is 0 Å². The number of hydrogen-bond donors (Lipinski definition) is 2. The van der Waals surface area contributed by atoms with Crippen LogP contribution in [0.1, 0.15) is 23.2 Å². The largest absolute Gasteiger partial charge is 0.350 e. The molecule has 1 aliphatic heterocycles. The SMILES string of the molecule is Cl.O=C(NCC1CCCN1)c1cc(F)cc(F)c1. The summed E-state index contributed by atoms with van der Waals surface area (Å²) in [5.41, 5.74) is 0.0143. The molecule has 1 atom stereocenters. The van der Waals surface area contributed by atoms with Gasteiger partial charge in [0.05, 0.1) is 0 Å². The lowest BCUT2D eigenvalue weighted by atomic mass is 10.2. The molecule has 0 bridgehead atoms. The van der Waals surface area contributed by atoms with E-state index in [0.717, 1.165) is 37.6 Å². The minimum atomic E-state index is -0.742. The molecule has 18 heavy (non-hydrogen) atoms. The molecule has 2 N–H and O–H groups in total. The summed E-state index contributed by atoms with van der Waals surface area (Å²) in [6.45, 7) is 1.44.